The average Bonchev–Trinajstić information content (AvgIpc) is 3.54. The zero-order valence-electron chi connectivity index (χ0n) is 22.5. The van der Waals surface area contributed by atoms with Crippen molar-refractivity contribution in [3.63, 3.8) is 0 Å². The molecule has 2 N–H and O–H groups in total. The van der Waals surface area contributed by atoms with Gasteiger partial charge in [0.15, 0.2) is 0 Å². The van der Waals surface area contributed by atoms with Crippen molar-refractivity contribution in [1.29, 1.82) is 0 Å². The highest BCUT2D eigenvalue weighted by Crippen LogP contribution is 2.24. The fourth-order valence-electron chi connectivity index (χ4n) is 3.42. The summed E-state index contributed by atoms with van der Waals surface area (Å²) >= 11 is 0. The molecule has 0 bridgehead atoms. The van der Waals surface area contributed by atoms with Gasteiger partial charge in [0.2, 0.25) is 11.8 Å². The maximum Gasteiger partial charge on any atom is 0.408 e. The number of anilines is 1. The molecule has 12 nitrogen and oxygen atoms in total. The smallest absolute Gasteiger partial charge is 0.408 e. The molecule has 0 saturated carbocycles. The first kappa shape index (κ1) is 28.3. The van der Waals surface area contributed by atoms with E-state index in [1.807, 2.05) is 6.07 Å². The molecule has 0 spiro atoms. The highest BCUT2D eigenvalue weighted by Gasteiger charge is 2.31. The Labute approximate surface area is 228 Å². The zero-order chi connectivity index (χ0) is 29.1. The number of hydrogen-bond acceptors (Lipinski definition) is 9. The summed E-state index contributed by atoms with van der Waals surface area (Å²) in [6.45, 7) is 8.65. The van der Waals surface area contributed by atoms with Crippen LogP contribution in [0.1, 0.15) is 52.6 Å². The van der Waals surface area contributed by atoms with Crippen molar-refractivity contribution in [2.24, 2.45) is 0 Å². The summed E-state index contributed by atoms with van der Waals surface area (Å²) in [5.74, 6) is -1.23. The Morgan fingerprint density at radius 3 is 2.48 bits per heavy atom. The van der Waals surface area contributed by atoms with Crippen LogP contribution in [-0.2, 0) is 16.1 Å². The van der Waals surface area contributed by atoms with Crippen LogP contribution in [0.15, 0.2) is 53.2 Å². The van der Waals surface area contributed by atoms with Crippen LogP contribution in [0.2, 0.25) is 0 Å². The lowest BCUT2D eigenvalue weighted by atomic mass is 10.0. The normalized spacial score (nSPS) is 11.9. The van der Waals surface area contributed by atoms with E-state index in [4.69, 9.17) is 9.15 Å². The molecule has 14 heteroatoms. The van der Waals surface area contributed by atoms with Gasteiger partial charge in [-0.1, -0.05) is 17.3 Å². The summed E-state index contributed by atoms with van der Waals surface area (Å²) in [6.07, 6.45) is -0.378. The number of amides is 2. The number of pyridine rings is 1. The second kappa shape index (κ2) is 11.2. The number of alkyl halides is 2. The number of carbonyl (C=O) groups excluding carboxylic acids is 2. The maximum absolute atomic E-state index is 12.9. The van der Waals surface area contributed by atoms with E-state index in [-0.39, 0.29) is 5.89 Å². The summed E-state index contributed by atoms with van der Waals surface area (Å²) in [4.78, 5) is 29.3. The van der Waals surface area contributed by atoms with Gasteiger partial charge in [0.05, 0.1) is 24.0 Å². The molecule has 0 fully saturated rings. The van der Waals surface area contributed by atoms with E-state index in [2.05, 4.69) is 36.1 Å². The Morgan fingerprint density at radius 2 is 1.82 bits per heavy atom. The molecule has 40 heavy (non-hydrogen) atoms. The van der Waals surface area contributed by atoms with Gasteiger partial charge >= 0.3 is 12.5 Å². The fraction of sp³-hybridized carbons (Fsp3) is 0.346. The Hall–Kier alpha value is -4.75. The number of hydrogen-bond donors (Lipinski definition) is 2. The van der Waals surface area contributed by atoms with Crippen LogP contribution in [0.25, 0.3) is 22.7 Å². The topological polar surface area (TPSA) is 150 Å². The van der Waals surface area contributed by atoms with Gasteiger partial charge in [0.25, 0.3) is 5.89 Å². The van der Waals surface area contributed by atoms with Gasteiger partial charge in [-0.15, -0.1) is 15.3 Å². The number of aromatic nitrogens is 6. The third-order valence-electron chi connectivity index (χ3n) is 5.36. The number of nitrogens with zero attached hydrogens (tertiary/aromatic N) is 6. The molecule has 0 aliphatic heterocycles. The van der Waals surface area contributed by atoms with Crippen molar-refractivity contribution in [2.75, 3.05) is 5.32 Å². The zero-order valence-corrected chi connectivity index (χ0v) is 22.5. The summed E-state index contributed by atoms with van der Waals surface area (Å²) in [6, 6.07) is 10.4. The second-order valence-corrected chi connectivity index (χ2v) is 10.4. The Balaban J connectivity index is 1.39. The third-order valence-corrected chi connectivity index (χ3v) is 5.36. The van der Waals surface area contributed by atoms with Crippen LogP contribution >= 0.6 is 0 Å². The Kier molecular flexibility index (Phi) is 7.89. The van der Waals surface area contributed by atoms with E-state index in [1.54, 1.807) is 75.8 Å². The monoisotopic (exact) mass is 554 g/mol. The first-order valence-corrected chi connectivity index (χ1v) is 12.2. The van der Waals surface area contributed by atoms with Gasteiger partial charge in [-0.05, 0) is 58.9 Å². The molecular weight excluding hydrogens is 526 g/mol. The van der Waals surface area contributed by atoms with Gasteiger partial charge in [0.1, 0.15) is 16.8 Å². The number of benzene rings is 1. The molecule has 0 atom stereocenters. The van der Waals surface area contributed by atoms with Crippen LogP contribution < -0.4 is 10.6 Å². The summed E-state index contributed by atoms with van der Waals surface area (Å²) in [5.41, 5.74) is 0.879. The van der Waals surface area contributed by atoms with E-state index in [9.17, 15) is 18.4 Å². The predicted octanol–water partition coefficient (Wildman–Crippen LogP) is 4.62. The highest BCUT2D eigenvalue weighted by molar-refractivity contribution is 5.99. The lowest BCUT2D eigenvalue weighted by Crippen LogP contribution is -2.53. The largest absolute Gasteiger partial charge is 0.444 e. The first-order valence-electron chi connectivity index (χ1n) is 12.2. The number of alkyl carbamates (subject to hydrolysis) is 1. The fourth-order valence-corrected chi connectivity index (χ4v) is 3.42. The number of carbonyl (C=O) groups is 2. The van der Waals surface area contributed by atoms with Gasteiger partial charge in [-0.25, -0.2) is 9.48 Å². The Morgan fingerprint density at radius 1 is 1.05 bits per heavy atom. The summed E-state index contributed by atoms with van der Waals surface area (Å²) < 4.78 is 37.1. The molecule has 4 aromatic rings. The molecule has 3 heterocycles. The molecule has 0 aliphatic rings. The van der Waals surface area contributed by atoms with Crippen molar-refractivity contribution in [2.45, 2.75) is 58.7 Å². The average molecular weight is 555 g/mol. The second-order valence-electron chi connectivity index (χ2n) is 10.4. The van der Waals surface area contributed by atoms with Gasteiger partial charge in [-0.2, -0.15) is 8.78 Å². The summed E-state index contributed by atoms with van der Waals surface area (Å²) in [5, 5.41) is 20.6. The third kappa shape index (κ3) is 7.21. The number of halogens is 2. The van der Waals surface area contributed by atoms with Crippen LogP contribution in [0.3, 0.4) is 0 Å². The van der Waals surface area contributed by atoms with E-state index in [0.717, 1.165) is 0 Å². The van der Waals surface area contributed by atoms with Crippen molar-refractivity contribution in [1.82, 2.24) is 35.5 Å². The summed E-state index contributed by atoms with van der Waals surface area (Å²) in [7, 11) is 0. The molecule has 0 saturated heterocycles. The molecule has 0 aliphatic carbocycles. The Bertz CT molecular complexity index is 1490. The van der Waals surface area contributed by atoms with Crippen molar-refractivity contribution in [3.05, 3.63) is 60.4 Å². The minimum Gasteiger partial charge on any atom is -0.444 e. The van der Waals surface area contributed by atoms with Gasteiger partial charge < -0.3 is 19.8 Å². The minimum absolute atomic E-state index is 0.0478. The molecule has 1 aromatic carbocycles. The molecule has 3 aromatic heterocycles. The minimum atomic E-state index is -2.85. The number of rotatable bonds is 8. The molecule has 0 radical (unpaired) electrons. The molecule has 0 unspecified atom stereocenters. The van der Waals surface area contributed by atoms with E-state index >= 15 is 0 Å². The molecule has 210 valence electrons. The van der Waals surface area contributed by atoms with E-state index < -0.39 is 35.5 Å². The van der Waals surface area contributed by atoms with Gasteiger partial charge in [-0.3, -0.25) is 9.78 Å². The van der Waals surface area contributed by atoms with E-state index in [1.165, 1.54) is 6.20 Å². The standard InChI is InChI=1S/C26H28F2N8O4/c1-25(2,3)40-24(38)31-26(4,5)23(37)30-17-8-6-7-15(11-17)19-14-36(35-32-19)13-18-10-9-16(12-29-18)21-33-34-22(39-21)20(27)28/h6-12,14,20H,13H2,1-5H3,(H,30,37)(H,31,38). The molecule has 4 rings (SSSR count). The van der Waals surface area contributed by atoms with Crippen molar-refractivity contribution < 1.29 is 27.5 Å². The lowest BCUT2D eigenvalue weighted by molar-refractivity contribution is -0.121. The quantitative estimate of drug-likeness (QED) is 0.318. The maximum atomic E-state index is 12.9. The molecule has 2 amide bonds. The SMILES string of the molecule is CC(C)(C)OC(=O)NC(C)(C)C(=O)Nc1cccc(-c2cn(Cc3ccc(-c4nnc(C(F)F)o4)cn3)nn2)c1. The predicted molar refractivity (Wildman–Crippen MR) is 139 cm³/mol. The van der Waals surface area contributed by atoms with E-state index in [0.29, 0.717) is 34.7 Å². The van der Waals surface area contributed by atoms with Crippen LogP contribution in [0, 0.1) is 0 Å². The highest BCUT2D eigenvalue weighted by atomic mass is 19.3. The number of ether oxygens (including phenoxy) is 1. The van der Waals surface area contributed by atoms with Crippen LogP contribution in [0.4, 0.5) is 19.3 Å². The van der Waals surface area contributed by atoms with Crippen LogP contribution in [0.5, 0.6) is 0 Å². The van der Waals surface area contributed by atoms with Crippen molar-refractivity contribution >= 4 is 17.7 Å². The molecular formula is C26H28F2N8O4. The lowest BCUT2D eigenvalue weighted by Gasteiger charge is -2.27. The number of nitrogens with one attached hydrogen (secondary N) is 2. The van der Waals surface area contributed by atoms with Crippen molar-refractivity contribution in [3.8, 4) is 22.7 Å². The van der Waals surface area contributed by atoms with Gasteiger partial charge in [0, 0.05) is 17.4 Å². The first-order chi connectivity index (χ1) is 18.8. The van der Waals surface area contributed by atoms with Crippen LogP contribution in [-0.4, -0.2) is 53.3 Å².